The van der Waals surface area contributed by atoms with Crippen molar-refractivity contribution in [3.8, 4) is 0 Å². The number of nitrogens with one attached hydrogen (secondary N) is 1. The molecule has 1 aliphatic rings. The highest BCUT2D eigenvalue weighted by atomic mass is 32.1. The fourth-order valence-electron chi connectivity index (χ4n) is 2.55. The van der Waals surface area contributed by atoms with Crippen LogP contribution < -0.4 is 5.32 Å². The lowest BCUT2D eigenvalue weighted by atomic mass is 9.81. The molecule has 1 aromatic rings. The highest BCUT2D eigenvalue weighted by Gasteiger charge is 2.41. The van der Waals surface area contributed by atoms with Crippen LogP contribution in [0.4, 0.5) is 0 Å². The first-order chi connectivity index (χ1) is 9.66. The minimum atomic E-state index is -0.843. The van der Waals surface area contributed by atoms with Gasteiger partial charge in [-0.2, -0.15) is 0 Å². The Kier molecular flexibility index (Phi) is 4.95. The van der Waals surface area contributed by atoms with E-state index in [4.69, 9.17) is 4.74 Å². The van der Waals surface area contributed by atoms with Gasteiger partial charge in [0.2, 0.25) is 5.91 Å². The molecule has 1 fully saturated rings. The van der Waals surface area contributed by atoms with Gasteiger partial charge in [-0.15, -0.1) is 11.3 Å². The lowest BCUT2D eigenvalue weighted by Gasteiger charge is -2.34. The van der Waals surface area contributed by atoms with Gasteiger partial charge in [0.1, 0.15) is 5.54 Å². The molecule has 0 bridgehead atoms. The molecule has 4 nitrogen and oxygen atoms in total. The summed E-state index contributed by atoms with van der Waals surface area (Å²) < 4.78 is 4.87. The van der Waals surface area contributed by atoms with E-state index in [2.05, 4.69) is 5.32 Å². The van der Waals surface area contributed by atoms with Gasteiger partial charge in [-0.05, 0) is 30.4 Å². The van der Waals surface area contributed by atoms with E-state index >= 15 is 0 Å². The summed E-state index contributed by atoms with van der Waals surface area (Å²) in [5.74, 6) is -0.583. The molecule has 0 saturated heterocycles. The van der Waals surface area contributed by atoms with Crippen LogP contribution in [0.5, 0.6) is 0 Å². The van der Waals surface area contributed by atoms with E-state index in [1.165, 1.54) is 13.2 Å². The number of methoxy groups -OCH3 is 1. The third-order valence-corrected chi connectivity index (χ3v) is 4.43. The van der Waals surface area contributed by atoms with E-state index in [1.807, 2.05) is 17.5 Å². The second-order valence-corrected chi connectivity index (χ2v) is 5.95. The van der Waals surface area contributed by atoms with Gasteiger partial charge in [-0.25, -0.2) is 4.79 Å². The Balaban J connectivity index is 2.04. The Labute approximate surface area is 122 Å². The number of thiophene rings is 1. The number of esters is 1. The van der Waals surface area contributed by atoms with Crippen LogP contribution in [-0.4, -0.2) is 24.5 Å². The van der Waals surface area contributed by atoms with E-state index in [9.17, 15) is 9.59 Å². The SMILES string of the molecule is COC(=O)C1(NC(=O)C=Cc2cccs2)CCCCC1. The molecule has 108 valence electrons. The zero-order valence-electron chi connectivity index (χ0n) is 11.6. The maximum absolute atomic E-state index is 12.0. The summed E-state index contributed by atoms with van der Waals surface area (Å²) in [6.45, 7) is 0. The van der Waals surface area contributed by atoms with Gasteiger partial charge in [0.25, 0.3) is 0 Å². The van der Waals surface area contributed by atoms with Gasteiger partial charge in [0.15, 0.2) is 0 Å². The maximum atomic E-state index is 12.0. The van der Waals surface area contributed by atoms with Crippen molar-refractivity contribution in [3.63, 3.8) is 0 Å². The Morgan fingerprint density at radius 2 is 2.10 bits per heavy atom. The second kappa shape index (κ2) is 6.70. The fourth-order valence-corrected chi connectivity index (χ4v) is 3.17. The van der Waals surface area contributed by atoms with Crippen molar-refractivity contribution in [1.82, 2.24) is 5.32 Å². The van der Waals surface area contributed by atoms with Crippen LogP contribution in [0.15, 0.2) is 23.6 Å². The predicted octanol–water partition coefficient (Wildman–Crippen LogP) is 2.75. The number of carbonyl (C=O) groups is 2. The number of hydrogen-bond acceptors (Lipinski definition) is 4. The fraction of sp³-hybridized carbons (Fsp3) is 0.467. The molecular weight excluding hydrogens is 274 g/mol. The molecule has 2 rings (SSSR count). The Bertz CT molecular complexity index is 487. The first-order valence-electron chi connectivity index (χ1n) is 6.78. The number of ether oxygens (including phenoxy) is 1. The van der Waals surface area contributed by atoms with Crippen LogP contribution in [-0.2, 0) is 14.3 Å². The summed E-state index contributed by atoms with van der Waals surface area (Å²) in [6, 6.07) is 3.87. The Hall–Kier alpha value is -1.62. The second-order valence-electron chi connectivity index (χ2n) is 4.97. The van der Waals surface area contributed by atoms with E-state index < -0.39 is 5.54 Å². The van der Waals surface area contributed by atoms with Crippen LogP contribution in [0, 0.1) is 0 Å². The Morgan fingerprint density at radius 1 is 1.35 bits per heavy atom. The summed E-state index contributed by atoms with van der Waals surface area (Å²) in [4.78, 5) is 25.0. The highest BCUT2D eigenvalue weighted by Crippen LogP contribution is 2.29. The van der Waals surface area contributed by atoms with Crippen molar-refractivity contribution < 1.29 is 14.3 Å². The smallest absolute Gasteiger partial charge is 0.331 e. The lowest BCUT2D eigenvalue weighted by molar-refractivity contribution is -0.152. The van der Waals surface area contributed by atoms with Crippen LogP contribution in [0.3, 0.4) is 0 Å². The monoisotopic (exact) mass is 293 g/mol. The number of amides is 1. The van der Waals surface area contributed by atoms with Crippen molar-refractivity contribution in [2.24, 2.45) is 0 Å². The molecule has 5 heteroatoms. The average Bonchev–Trinajstić information content (AvgIpc) is 2.98. The van der Waals surface area contributed by atoms with Gasteiger partial charge < -0.3 is 10.1 Å². The van der Waals surface area contributed by atoms with Crippen molar-refractivity contribution >= 4 is 29.3 Å². The summed E-state index contributed by atoms with van der Waals surface area (Å²) in [5.41, 5.74) is -0.843. The highest BCUT2D eigenvalue weighted by molar-refractivity contribution is 7.10. The van der Waals surface area contributed by atoms with Crippen LogP contribution >= 0.6 is 11.3 Å². The topological polar surface area (TPSA) is 55.4 Å². The zero-order valence-corrected chi connectivity index (χ0v) is 12.4. The third kappa shape index (κ3) is 3.48. The summed E-state index contributed by atoms with van der Waals surface area (Å²) in [5, 5.41) is 4.80. The molecule has 0 aromatic carbocycles. The van der Waals surface area contributed by atoms with Crippen molar-refractivity contribution in [1.29, 1.82) is 0 Å². The van der Waals surface area contributed by atoms with Gasteiger partial charge in [0.05, 0.1) is 7.11 Å². The molecule has 20 heavy (non-hydrogen) atoms. The zero-order chi connectivity index (χ0) is 14.4. The summed E-state index contributed by atoms with van der Waals surface area (Å²) >= 11 is 1.56. The van der Waals surface area contributed by atoms with E-state index in [1.54, 1.807) is 17.4 Å². The lowest BCUT2D eigenvalue weighted by Crippen LogP contribution is -2.55. The summed E-state index contributed by atoms with van der Waals surface area (Å²) in [6.07, 6.45) is 7.50. The van der Waals surface area contributed by atoms with Crippen molar-refractivity contribution in [3.05, 3.63) is 28.5 Å². The van der Waals surface area contributed by atoms with Gasteiger partial charge in [-0.1, -0.05) is 25.3 Å². The number of hydrogen-bond donors (Lipinski definition) is 1. The van der Waals surface area contributed by atoms with Crippen LogP contribution in [0.2, 0.25) is 0 Å². The molecule has 0 unspecified atom stereocenters. The molecule has 0 radical (unpaired) electrons. The van der Waals surface area contributed by atoms with E-state index in [0.717, 1.165) is 24.1 Å². The van der Waals surface area contributed by atoms with Gasteiger partial charge in [0, 0.05) is 11.0 Å². The third-order valence-electron chi connectivity index (χ3n) is 3.59. The quantitative estimate of drug-likeness (QED) is 0.686. The molecule has 0 aliphatic heterocycles. The van der Waals surface area contributed by atoms with Gasteiger partial charge >= 0.3 is 5.97 Å². The average molecular weight is 293 g/mol. The largest absolute Gasteiger partial charge is 0.467 e. The molecule has 0 atom stereocenters. The molecular formula is C15H19NO3S. The minimum absolute atomic E-state index is 0.245. The molecule has 1 amide bonds. The van der Waals surface area contributed by atoms with Crippen molar-refractivity contribution in [2.75, 3.05) is 7.11 Å². The van der Waals surface area contributed by atoms with Crippen molar-refractivity contribution in [2.45, 2.75) is 37.6 Å². The molecule has 1 N–H and O–H groups in total. The molecule has 1 saturated carbocycles. The number of rotatable bonds is 4. The molecule has 1 aliphatic carbocycles. The van der Waals surface area contributed by atoms with E-state index in [-0.39, 0.29) is 11.9 Å². The van der Waals surface area contributed by atoms with Crippen LogP contribution in [0.1, 0.15) is 37.0 Å². The Morgan fingerprint density at radius 3 is 2.70 bits per heavy atom. The van der Waals surface area contributed by atoms with E-state index in [0.29, 0.717) is 12.8 Å². The normalized spacial score (nSPS) is 17.9. The summed E-state index contributed by atoms with van der Waals surface area (Å²) in [7, 11) is 1.37. The standard InChI is InChI=1S/C15H19NO3S/c1-19-14(18)15(9-3-2-4-10-15)16-13(17)8-7-12-6-5-11-20-12/h5-8,11H,2-4,9-10H2,1H3,(H,16,17). The first-order valence-corrected chi connectivity index (χ1v) is 7.66. The first kappa shape index (κ1) is 14.8. The van der Waals surface area contributed by atoms with Crippen LogP contribution in [0.25, 0.3) is 6.08 Å². The minimum Gasteiger partial charge on any atom is -0.467 e. The van der Waals surface area contributed by atoms with Gasteiger partial charge in [-0.3, -0.25) is 4.79 Å². The molecule has 1 heterocycles. The molecule has 0 spiro atoms. The number of carbonyl (C=O) groups excluding carboxylic acids is 2. The molecule has 1 aromatic heterocycles. The predicted molar refractivity (Wildman–Crippen MR) is 79.3 cm³/mol. The maximum Gasteiger partial charge on any atom is 0.331 e.